The van der Waals surface area contributed by atoms with E-state index < -0.39 is 46.5 Å². The second kappa shape index (κ2) is 10.7. The Hall–Kier alpha value is -2.32. The van der Waals surface area contributed by atoms with Gasteiger partial charge in [0, 0.05) is 12.5 Å². The van der Waals surface area contributed by atoms with Crippen LogP contribution in [0.3, 0.4) is 0 Å². The number of unbranched alkanes of at least 4 members (excludes halogenated alkanes) is 1. The smallest absolute Gasteiger partial charge is 0.326 e. The molecule has 1 aromatic carbocycles. The zero-order chi connectivity index (χ0) is 25.0. The molecule has 0 unspecified atom stereocenters. The number of carbonyl (C=O) groups is 4. The summed E-state index contributed by atoms with van der Waals surface area (Å²) in [5.74, 6) is -3.58. The largest absolute Gasteiger partial charge is 0.481 e. The number of carbonyl (C=O) groups excluding carboxylic acids is 2. The fourth-order valence-electron chi connectivity index (χ4n) is 4.35. The van der Waals surface area contributed by atoms with Gasteiger partial charge in [-0.1, -0.05) is 43.1 Å². The molecule has 1 aliphatic carbocycles. The number of hydrogen-bond donors (Lipinski definition) is 4. The minimum absolute atomic E-state index is 0.174. The number of rotatable bonds is 10. The van der Waals surface area contributed by atoms with Gasteiger partial charge in [-0.15, -0.1) is 0 Å². The van der Waals surface area contributed by atoms with Crippen molar-refractivity contribution in [3.63, 3.8) is 0 Å². The molecule has 10 heteroatoms. The fourth-order valence-corrected chi connectivity index (χ4v) is 4.92. The summed E-state index contributed by atoms with van der Waals surface area (Å²) in [5, 5.41) is 24.9. The van der Waals surface area contributed by atoms with Gasteiger partial charge >= 0.3 is 11.9 Å². The number of halogens is 2. The van der Waals surface area contributed by atoms with E-state index in [-0.39, 0.29) is 28.6 Å². The van der Waals surface area contributed by atoms with Gasteiger partial charge in [-0.05, 0) is 56.6 Å². The van der Waals surface area contributed by atoms with Crippen molar-refractivity contribution in [2.24, 2.45) is 16.7 Å². The van der Waals surface area contributed by atoms with E-state index in [1.54, 1.807) is 39.0 Å². The summed E-state index contributed by atoms with van der Waals surface area (Å²) < 4.78 is 0. The first-order chi connectivity index (χ1) is 15.3. The number of nitrogens with one attached hydrogen (secondary N) is 2. The first-order valence-corrected chi connectivity index (χ1v) is 11.6. The van der Waals surface area contributed by atoms with Gasteiger partial charge in [0.05, 0.1) is 21.0 Å². The SMILES string of the molecule is CC1(C)[C@@H](C(=O)N[C@@H](CCCCNC(=O)c2c(Cl)cccc2Cl)C(=O)O)CC[C@@]1(C)C(=O)O. The molecule has 1 aliphatic rings. The average molecular weight is 501 g/mol. The van der Waals surface area contributed by atoms with E-state index in [1.165, 1.54) is 0 Å². The van der Waals surface area contributed by atoms with Gasteiger partial charge in [0.15, 0.2) is 0 Å². The molecule has 1 fully saturated rings. The topological polar surface area (TPSA) is 133 Å². The Labute approximate surface area is 203 Å². The molecule has 0 aromatic heterocycles. The molecule has 0 bridgehead atoms. The van der Waals surface area contributed by atoms with Crippen LogP contribution in [0, 0.1) is 16.7 Å². The van der Waals surface area contributed by atoms with Crippen LogP contribution in [0.5, 0.6) is 0 Å². The summed E-state index contributed by atoms with van der Waals surface area (Å²) >= 11 is 12.0. The maximum Gasteiger partial charge on any atom is 0.326 e. The van der Waals surface area contributed by atoms with E-state index in [1.807, 2.05) is 0 Å². The molecule has 1 aromatic rings. The summed E-state index contributed by atoms with van der Waals surface area (Å²) in [5.41, 5.74) is -1.70. The number of benzene rings is 1. The number of carboxylic acids is 2. The van der Waals surface area contributed by atoms with Gasteiger partial charge in [-0.25, -0.2) is 4.79 Å². The standard InChI is InChI=1S/C23H30Cl2N2O6/c1-22(2)13(10-11-23(22,3)21(32)33)18(28)27-16(20(30)31)9-4-5-12-26-19(29)17-14(24)7-6-8-15(17)25/h6-8,13,16H,4-5,9-12H2,1-3H3,(H,26,29)(H,27,28)(H,30,31)(H,32,33)/t13-,16+,23+/m1/s1. The number of carboxylic acid groups (broad SMARTS) is 2. The third kappa shape index (κ3) is 5.79. The zero-order valence-corrected chi connectivity index (χ0v) is 20.4. The van der Waals surface area contributed by atoms with Crippen molar-refractivity contribution in [1.82, 2.24) is 10.6 Å². The van der Waals surface area contributed by atoms with Gasteiger partial charge in [-0.3, -0.25) is 14.4 Å². The second-order valence-electron chi connectivity index (χ2n) is 9.20. The number of amides is 2. The van der Waals surface area contributed by atoms with Crippen LogP contribution >= 0.6 is 23.2 Å². The van der Waals surface area contributed by atoms with Crippen molar-refractivity contribution >= 4 is 47.0 Å². The minimum atomic E-state index is -1.16. The summed E-state index contributed by atoms with van der Waals surface area (Å²) in [7, 11) is 0. The highest BCUT2D eigenvalue weighted by Gasteiger charge is 2.58. The summed E-state index contributed by atoms with van der Waals surface area (Å²) in [4.78, 5) is 48.5. The molecule has 4 N–H and O–H groups in total. The lowest BCUT2D eigenvalue weighted by Crippen LogP contribution is -2.49. The van der Waals surface area contributed by atoms with Gasteiger partial charge in [-0.2, -0.15) is 0 Å². The molecule has 2 rings (SSSR count). The molecule has 0 spiro atoms. The van der Waals surface area contributed by atoms with E-state index in [0.29, 0.717) is 25.7 Å². The Morgan fingerprint density at radius 1 is 1.09 bits per heavy atom. The molecule has 0 heterocycles. The van der Waals surface area contributed by atoms with E-state index in [0.717, 1.165) is 0 Å². The molecule has 0 aliphatic heterocycles. The van der Waals surface area contributed by atoms with Crippen molar-refractivity contribution in [3.05, 3.63) is 33.8 Å². The highest BCUT2D eigenvalue weighted by atomic mass is 35.5. The van der Waals surface area contributed by atoms with Crippen LogP contribution in [0.25, 0.3) is 0 Å². The maximum atomic E-state index is 12.8. The molecule has 2 amide bonds. The molecule has 0 radical (unpaired) electrons. The normalized spacial score (nSPS) is 22.4. The Morgan fingerprint density at radius 3 is 2.21 bits per heavy atom. The van der Waals surface area contributed by atoms with Gasteiger partial charge in [0.1, 0.15) is 6.04 Å². The average Bonchev–Trinajstić information content (AvgIpc) is 2.96. The van der Waals surface area contributed by atoms with Crippen molar-refractivity contribution in [3.8, 4) is 0 Å². The lowest BCUT2D eigenvalue weighted by molar-refractivity contribution is -0.155. The Bertz CT molecular complexity index is 915. The van der Waals surface area contributed by atoms with E-state index in [9.17, 15) is 29.4 Å². The van der Waals surface area contributed by atoms with Crippen LogP contribution in [0.1, 0.15) is 63.2 Å². The summed E-state index contributed by atoms with van der Waals surface area (Å²) in [6, 6.07) is 3.66. The Kier molecular flexibility index (Phi) is 8.76. The molecular formula is C23H30Cl2N2O6. The Balaban J connectivity index is 1.87. The van der Waals surface area contributed by atoms with Crippen molar-refractivity contribution in [2.75, 3.05) is 6.54 Å². The first kappa shape index (κ1) is 26.9. The quantitative estimate of drug-likeness (QED) is 0.359. The molecule has 3 atom stereocenters. The number of hydrogen-bond acceptors (Lipinski definition) is 4. The summed E-state index contributed by atoms with van der Waals surface area (Å²) in [6.45, 7) is 5.39. The van der Waals surface area contributed by atoms with Gasteiger partial charge < -0.3 is 20.8 Å². The highest BCUT2D eigenvalue weighted by Crippen LogP contribution is 2.56. The lowest BCUT2D eigenvalue weighted by atomic mass is 9.65. The van der Waals surface area contributed by atoms with Crippen LogP contribution in [-0.4, -0.2) is 46.6 Å². The number of aliphatic carboxylic acids is 2. The van der Waals surface area contributed by atoms with E-state index in [4.69, 9.17) is 23.2 Å². The minimum Gasteiger partial charge on any atom is -0.481 e. The molecule has 182 valence electrons. The van der Waals surface area contributed by atoms with Crippen LogP contribution < -0.4 is 10.6 Å². The van der Waals surface area contributed by atoms with Crippen molar-refractivity contribution in [2.45, 2.75) is 58.9 Å². The van der Waals surface area contributed by atoms with Gasteiger partial charge in [0.25, 0.3) is 5.91 Å². The molecule has 8 nitrogen and oxygen atoms in total. The van der Waals surface area contributed by atoms with E-state index in [2.05, 4.69) is 10.6 Å². The third-order valence-electron chi connectivity index (χ3n) is 7.02. The predicted octanol–water partition coefficient (Wildman–Crippen LogP) is 3.99. The van der Waals surface area contributed by atoms with Gasteiger partial charge in [0.2, 0.25) is 5.91 Å². The van der Waals surface area contributed by atoms with Crippen LogP contribution in [0.4, 0.5) is 0 Å². The lowest BCUT2D eigenvalue weighted by Gasteiger charge is -2.38. The molecule has 1 saturated carbocycles. The van der Waals surface area contributed by atoms with Crippen molar-refractivity contribution in [1.29, 1.82) is 0 Å². The fraction of sp³-hybridized carbons (Fsp3) is 0.565. The first-order valence-electron chi connectivity index (χ1n) is 10.8. The van der Waals surface area contributed by atoms with Crippen LogP contribution in [0.2, 0.25) is 10.0 Å². The van der Waals surface area contributed by atoms with Crippen molar-refractivity contribution < 1.29 is 29.4 Å². The highest BCUT2D eigenvalue weighted by molar-refractivity contribution is 6.39. The summed E-state index contributed by atoms with van der Waals surface area (Å²) in [6.07, 6.45) is 1.83. The van der Waals surface area contributed by atoms with E-state index >= 15 is 0 Å². The molecule has 33 heavy (non-hydrogen) atoms. The molecule has 0 saturated heterocycles. The maximum absolute atomic E-state index is 12.8. The third-order valence-corrected chi connectivity index (χ3v) is 7.65. The second-order valence-corrected chi connectivity index (χ2v) is 10.0. The predicted molar refractivity (Wildman–Crippen MR) is 124 cm³/mol. The Morgan fingerprint density at radius 2 is 1.70 bits per heavy atom. The van der Waals surface area contributed by atoms with Crippen LogP contribution in [0.15, 0.2) is 18.2 Å². The zero-order valence-electron chi connectivity index (χ0n) is 18.9. The monoisotopic (exact) mass is 500 g/mol. The van der Waals surface area contributed by atoms with Crippen LogP contribution in [-0.2, 0) is 14.4 Å². The molecular weight excluding hydrogens is 471 g/mol.